The van der Waals surface area contributed by atoms with Crippen molar-refractivity contribution >= 4 is 34.4 Å². The first-order chi connectivity index (χ1) is 19.6. The Balaban J connectivity index is 1.73. The molecule has 0 bridgehead atoms. The molecule has 1 amide bonds. The van der Waals surface area contributed by atoms with Gasteiger partial charge in [-0.15, -0.1) is 11.8 Å². The van der Waals surface area contributed by atoms with Gasteiger partial charge in [0.05, 0.1) is 36.9 Å². The number of alkyl halides is 3. The van der Waals surface area contributed by atoms with E-state index in [-0.39, 0.29) is 65.1 Å². The van der Waals surface area contributed by atoms with Crippen LogP contribution in [0.2, 0.25) is 0 Å². The highest BCUT2D eigenvalue weighted by Crippen LogP contribution is 2.48. The Labute approximate surface area is 237 Å². The molecule has 2 aliphatic heterocycles. The fraction of sp³-hybridized carbons (Fsp3) is 0.393. The molecular formula is C28H28F4N4O4S. The largest absolute Gasteiger partial charge is 0.417 e. The Bertz CT molecular complexity index is 1520. The van der Waals surface area contributed by atoms with E-state index >= 15 is 0 Å². The van der Waals surface area contributed by atoms with E-state index in [9.17, 15) is 27.2 Å². The minimum absolute atomic E-state index is 0.0855. The number of carbonyl (C=O) groups excluding carboxylic acids is 1. The number of thioether (sulfide) groups is 1. The lowest BCUT2D eigenvalue weighted by Gasteiger charge is -2.35. The third-order valence-electron chi connectivity index (χ3n) is 7.14. The number of amides is 1. The predicted octanol–water partition coefficient (Wildman–Crippen LogP) is 4.19. The van der Waals surface area contributed by atoms with Crippen molar-refractivity contribution in [2.75, 3.05) is 57.2 Å². The first-order valence-corrected chi connectivity index (χ1v) is 13.9. The fourth-order valence-corrected chi connectivity index (χ4v) is 6.45. The van der Waals surface area contributed by atoms with Gasteiger partial charge in [-0.05, 0) is 29.8 Å². The summed E-state index contributed by atoms with van der Waals surface area (Å²) in [6.45, 7) is 5.30. The molecule has 218 valence electrons. The molecule has 1 saturated heterocycles. The van der Waals surface area contributed by atoms with Crippen molar-refractivity contribution in [3.8, 4) is 11.1 Å². The van der Waals surface area contributed by atoms with Crippen molar-refractivity contribution in [3.63, 3.8) is 0 Å². The summed E-state index contributed by atoms with van der Waals surface area (Å²) in [7, 11) is 1.53. The van der Waals surface area contributed by atoms with Crippen LogP contribution in [0, 0.1) is 5.82 Å². The van der Waals surface area contributed by atoms with E-state index in [1.807, 2.05) is 0 Å². The summed E-state index contributed by atoms with van der Waals surface area (Å²) < 4.78 is 70.3. The number of carbonyl (C=O) groups is 1. The average molecular weight is 593 g/mol. The number of aromatic nitrogens is 2. The zero-order valence-electron chi connectivity index (χ0n) is 22.2. The fourth-order valence-electron chi connectivity index (χ4n) is 5.17. The third-order valence-corrected chi connectivity index (χ3v) is 8.37. The standard InChI is InChI=1S/C28H28F4N4O4S/c1-3-22(37)34-8-10-35(11-9-34)26-20-14-21(28(30,31)32)23(17-4-6-18(29)7-5-17)25-24(20)36(27(38)33-26)15-19(16-41-25)40-13-12-39-2/h3-7,14,19H,1,8-13,15-16H2,2H3/t19-/m0/s1. The minimum atomic E-state index is -4.76. The van der Waals surface area contributed by atoms with Gasteiger partial charge < -0.3 is 19.3 Å². The normalized spacial score (nSPS) is 17.5. The molecule has 5 rings (SSSR count). The Morgan fingerprint density at radius 3 is 2.51 bits per heavy atom. The lowest BCUT2D eigenvalue weighted by Crippen LogP contribution is -2.49. The summed E-state index contributed by atoms with van der Waals surface area (Å²) in [4.78, 5) is 33.4. The molecule has 0 N–H and O–H groups in total. The first-order valence-electron chi connectivity index (χ1n) is 13.0. The summed E-state index contributed by atoms with van der Waals surface area (Å²) in [5.74, 6) is -0.424. The molecule has 8 nitrogen and oxygen atoms in total. The van der Waals surface area contributed by atoms with Crippen LogP contribution in [0.1, 0.15) is 5.56 Å². The van der Waals surface area contributed by atoms with Gasteiger partial charge in [-0.25, -0.2) is 9.18 Å². The lowest BCUT2D eigenvalue weighted by atomic mass is 9.96. The number of hydrogen-bond donors (Lipinski definition) is 0. The molecule has 0 saturated carbocycles. The van der Waals surface area contributed by atoms with Crippen LogP contribution in [-0.2, 0) is 27.0 Å². The smallest absolute Gasteiger partial charge is 0.382 e. The monoisotopic (exact) mass is 592 g/mol. The predicted molar refractivity (Wildman–Crippen MR) is 148 cm³/mol. The lowest BCUT2D eigenvalue weighted by molar-refractivity contribution is -0.137. The zero-order chi connectivity index (χ0) is 29.3. The van der Waals surface area contributed by atoms with Gasteiger partial charge in [0.2, 0.25) is 5.91 Å². The number of rotatable bonds is 7. The van der Waals surface area contributed by atoms with Gasteiger partial charge in [-0.3, -0.25) is 9.36 Å². The Hall–Kier alpha value is -3.42. The SMILES string of the molecule is C=CC(=O)N1CCN(c2nc(=O)n3c4c(c(-c5ccc(F)cc5)c(C(F)(F)F)cc24)SC[C@@H](OCCOC)C3)CC1. The topological polar surface area (TPSA) is 76.9 Å². The molecule has 2 aromatic carbocycles. The molecule has 0 radical (unpaired) electrons. The number of halogens is 4. The van der Waals surface area contributed by atoms with Crippen LogP contribution in [0.3, 0.4) is 0 Å². The molecule has 0 aliphatic carbocycles. The number of nitrogens with zero attached hydrogens (tertiary/aromatic N) is 4. The number of methoxy groups -OCH3 is 1. The second kappa shape index (κ2) is 11.8. The molecule has 3 heterocycles. The van der Waals surface area contributed by atoms with E-state index in [1.165, 1.54) is 41.6 Å². The molecule has 41 heavy (non-hydrogen) atoms. The summed E-state index contributed by atoms with van der Waals surface area (Å²) >= 11 is 1.17. The second-order valence-corrected chi connectivity index (χ2v) is 10.7. The number of benzene rings is 2. The third kappa shape index (κ3) is 5.84. The highest BCUT2D eigenvalue weighted by atomic mass is 32.2. The Kier molecular flexibility index (Phi) is 8.39. The van der Waals surface area contributed by atoms with Crippen molar-refractivity contribution in [2.45, 2.75) is 23.7 Å². The number of anilines is 1. The molecule has 1 atom stereocenters. The second-order valence-electron chi connectivity index (χ2n) is 9.67. The number of hydrogen-bond acceptors (Lipinski definition) is 7. The van der Waals surface area contributed by atoms with Gasteiger partial charge in [-0.1, -0.05) is 18.7 Å². The van der Waals surface area contributed by atoms with Crippen LogP contribution in [0.25, 0.3) is 22.0 Å². The first kappa shape index (κ1) is 29.1. The Morgan fingerprint density at radius 2 is 1.88 bits per heavy atom. The van der Waals surface area contributed by atoms with Crippen molar-refractivity contribution in [3.05, 3.63) is 64.9 Å². The van der Waals surface area contributed by atoms with E-state index in [0.29, 0.717) is 25.2 Å². The van der Waals surface area contributed by atoms with Gasteiger partial charge >= 0.3 is 11.9 Å². The maximum absolute atomic E-state index is 14.7. The van der Waals surface area contributed by atoms with Crippen LogP contribution in [-0.4, -0.2) is 78.7 Å². The molecule has 0 unspecified atom stereocenters. The molecule has 3 aromatic rings. The summed E-state index contributed by atoms with van der Waals surface area (Å²) in [6, 6.07) is 5.87. The summed E-state index contributed by atoms with van der Waals surface area (Å²) in [5.41, 5.74) is -1.16. The molecular weight excluding hydrogens is 564 g/mol. The zero-order valence-corrected chi connectivity index (χ0v) is 23.1. The number of ether oxygens (including phenoxy) is 2. The van der Waals surface area contributed by atoms with E-state index in [2.05, 4.69) is 11.6 Å². The van der Waals surface area contributed by atoms with Gasteiger partial charge in [-0.2, -0.15) is 18.2 Å². The highest BCUT2D eigenvalue weighted by Gasteiger charge is 2.38. The molecule has 0 spiro atoms. The van der Waals surface area contributed by atoms with Crippen LogP contribution in [0.4, 0.5) is 23.4 Å². The molecule has 1 aromatic heterocycles. The van der Waals surface area contributed by atoms with Crippen LogP contribution in [0.5, 0.6) is 0 Å². The molecule has 2 aliphatic rings. The maximum Gasteiger partial charge on any atom is 0.417 e. The van der Waals surface area contributed by atoms with Crippen LogP contribution in [0.15, 0.2) is 52.7 Å². The molecule has 1 fully saturated rings. The van der Waals surface area contributed by atoms with E-state index in [4.69, 9.17) is 9.47 Å². The minimum Gasteiger partial charge on any atom is -0.382 e. The van der Waals surface area contributed by atoms with Crippen molar-refractivity contribution in [1.29, 1.82) is 0 Å². The number of piperazine rings is 1. The van der Waals surface area contributed by atoms with Crippen LogP contribution < -0.4 is 10.6 Å². The van der Waals surface area contributed by atoms with Gasteiger partial charge in [0.25, 0.3) is 0 Å². The van der Waals surface area contributed by atoms with Gasteiger partial charge in [0, 0.05) is 54.9 Å². The maximum atomic E-state index is 14.7. The Morgan fingerprint density at radius 1 is 1.17 bits per heavy atom. The quantitative estimate of drug-likeness (QED) is 0.231. The van der Waals surface area contributed by atoms with Gasteiger partial charge in [0.15, 0.2) is 0 Å². The van der Waals surface area contributed by atoms with Gasteiger partial charge in [0.1, 0.15) is 11.6 Å². The van der Waals surface area contributed by atoms with E-state index in [1.54, 1.807) is 9.80 Å². The average Bonchev–Trinajstić information content (AvgIpc) is 3.15. The summed E-state index contributed by atoms with van der Waals surface area (Å²) in [5, 5.41) is 0.173. The van der Waals surface area contributed by atoms with Crippen molar-refractivity contribution in [2.24, 2.45) is 0 Å². The van der Waals surface area contributed by atoms with E-state index in [0.717, 1.165) is 18.2 Å². The van der Waals surface area contributed by atoms with Crippen molar-refractivity contribution < 1.29 is 31.8 Å². The van der Waals surface area contributed by atoms with E-state index < -0.39 is 29.4 Å². The molecule has 13 heteroatoms. The highest BCUT2D eigenvalue weighted by molar-refractivity contribution is 7.99. The van der Waals surface area contributed by atoms with Crippen molar-refractivity contribution in [1.82, 2.24) is 14.5 Å². The van der Waals surface area contributed by atoms with Crippen LogP contribution >= 0.6 is 11.8 Å². The summed E-state index contributed by atoms with van der Waals surface area (Å²) in [6.07, 6.45) is -4.05.